The lowest BCUT2D eigenvalue weighted by Gasteiger charge is -2.12. The van der Waals surface area contributed by atoms with Crippen molar-refractivity contribution >= 4 is 51.3 Å². The number of thioether (sulfide) groups is 1. The van der Waals surface area contributed by atoms with Crippen LogP contribution in [0.5, 0.6) is 0 Å². The summed E-state index contributed by atoms with van der Waals surface area (Å²) in [5.41, 5.74) is 1.55. The van der Waals surface area contributed by atoms with E-state index in [1.54, 1.807) is 6.08 Å². The first kappa shape index (κ1) is 18.0. The van der Waals surface area contributed by atoms with Crippen molar-refractivity contribution in [3.63, 3.8) is 0 Å². The Kier molecular flexibility index (Phi) is 4.95. The standard InChI is InChI=1S/C22H16N2O3S/c25-20(26)14-24-21(27)19(28-22(24)23-18-8-2-1-3-9-18)13-15-10-11-16-6-4-5-7-17(16)12-15/h1-13H,14H2,(H,25,26)/b19-13+,23-22?. The molecule has 1 aliphatic rings. The minimum absolute atomic E-state index is 0.352. The van der Waals surface area contributed by atoms with Crippen LogP contribution in [0, 0.1) is 0 Å². The number of rotatable bonds is 4. The summed E-state index contributed by atoms with van der Waals surface area (Å²) in [6, 6.07) is 23.1. The Morgan fingerprint density at radius 1 is 1.00 bits per heavy atom. The van der Waals surface area contributed by atoms with E-state index in [1.807, 2.05) is 72.8 Å². The highest BCUT2D eigenvalue weighted by molar-refractivity contribution is 8.18. The summed E-state index contributed by atoms with van der Waals surface area (Å²) in [5.74, 6) is -1.43. The number of carboxylic acid groups (broad SMARTS) is 1. The summed E-state index contributed by atoms with van der Waals surface area (Å²) in [6.07, 6.45) is 1.78. The molecule has 1 amide bonds. The molecule has 1 aliphatic heterocycles. The highest BCUT2D eigenvalue weighted by atomic mass is 32.2. The zero-order valence-electron chi connectivity index (χ0n) is 14.8. The molecule has 138 valence electrons. The predicted molar refractivity (Wildman–Crippen MR) is 112 cm³/mol. The normalized spacial score (nSPS) is 17.0. The van der Waals surface area contributed by atoms with Crippen molar-refractivity contribution in [1.82, 2.24) is 4.90 Å². The molecule has 28 heavy (non-hydrogen) atoms. The molecule has 1 fully saturated rings. The molecule has 1 N–H and O–H groups in total. The van der Waals surface area contributed by atoms with Crippen LogP contribution in [0.1, 0.15) is 5.56 Å². The van der Waals surface area contributed by atoms with E-state index in [0.717, 1.165) is 16.3 Å². The van der Waals surface area contributed by atoms with Crippen molar-refractivity contribution in [2.75, 3.05) is 6.54 Å². The van der Waals surface area contributed by atoms with Crippen LogP contribution in [-0.4, -0.2) is 33.6 Å². The number of benzene rings is 3. The van der Waals surface area contributed by atoms with Crippen LogP contribution in [-0.2, 0) is 9.59 Å². The molecule has 0 aromatic heterocycles. The molecule has 3 aromatic rings. The lowest BCUT2D eigenvalue weighted by molar-refractivity contribution is -0.140. The number of hydrogen-bond donors (Lipinski definition) is 1. The number of carbonyl (C=O) groups is 2. The number of para-hydroxylation sites is 1. The maximum Gasteiger partial charge on any atom is 0.323 e. The predicted octanol–water partition coefficient (Wildman–Crippen LogP) is 4.53. The van der Waals surface area contributed by atoms with Gasteiger partial charge in [0.1, 0.15) is 6.54 Å². The average molecular weight is 388 g/mol. The van der Waals surface area contributed by atoms with Crippen molar-refractivity contribution in [2.24, 2.45) is 4.99 Å². The van der Waals surface area contributed by atoms with Gasteiger partial charge in [-0.3, -0.25) is 14.5 Å². The van der Waals surface area contributed by atoms with Crippen LogP contribution < -0.4 is 0 Å². The van der Waals surface area contributed by atoms with Gasteiger partial charge in [0.15, 0.2) is 5.17 Å². The number of carbonyl (C=O) groups excluding carboxylic acids is 1. The fourth-order valence-electron chi connectivity index (χ4n) is 2.93. The number of hydrogen-bond acceptors (Lipinski definition) is 4. The van der Waals surface area contributed by atoms with E-state index in [0.29, 0.717) is 15.8 Å². The number of fused-ring (bicyclic) bond motifs is 1. The zero-order valence-corrected chi connectivity index (χ0v) is 15.6. The highest BCUT2D eigenvalue weighted by Crippen LogP contribution is 2.34. The lowest BCUT2D eigenvalue weighted by Crippen LogP contribution is -2.34. The fraction of sp³-hybridized carbons (Fsp3) is 0.0455. The second-order valence-electron chi connectivity index (χ2n) is 6.23. The van der Waals surface area contributed by atoms with Crippen molar-refractivity contribution < 1.29 is 14.7 Å². The zero-order chi connectivity index (χ0) is 19.5. The van der Waals surface area contributed by atoms with Crippen LogP contribution >= 0.6 is 11.8 Å². The Bertz CT molecular complexity index is 1120. The molecule has 0 spiro atoms. The van der Waals surface area contributed by atoms with Crippen molar-refractivity contribution in [2.45, 2.75) is 0 Å². The molecule has 5 nitrogen and oxygen atoms in total. The molecule has 0 saturated carbocycles. The number of carboxylic acids is 1. The van der Waals surface area contributed by atoms with E-state index >= 15 is 0 Å². The van der Waals surface area contributed by atoms with Crippen LogP contribution in [0.3, 0.4) is 0 Å². The Balaban J connectivity index is 1.70. The summed E-state index contributed by atoms with van der Waals surface area (Å²) >= 11 is 1.19. The van der Waals surface area contributed by atoms with Crippen LogP contribution in [0.15, 0.2) is 82.7 Å². The largest absolute Gasteiger partial charge is 0.480 e. The number of aliphatic imine (C=N–C) groups is 1. The first-order chi connectivity index (χ1) is 13.6. The molecule has 0 bridgehead atoms. The van der Waals surface area contributed by atoms with Crippen LogP contribution in [0.4, 0.5) is 5.69 Å². The molecular weight excluding hydrogens is 372 g/mol. The van der Waals surface area contributed by atoms with Gasteiger partial charge in [-0.1, -0.05) is 54.6 Å². The molecule has 1 saturated heterocycles. The second kappa shape index (κ2) is 7.70. The maximum atomic E-state index is 12.8. The minimum atomic E-state index is -1.08. The second-order valence-corrected chi connectivity index (χ2v) is 7.24. The molecular formula is C22H16N2O3S. The van der Waals surface area contributed by atoms with Crippen LogP contribution in [0.25, 0.3) is 16.8 Å². The van der Waals surface area contributed by atoms with E-state index in [-0.39, 0.29) is 5.91 Å². The van der Waals surface area contributed by atoms with E-state index < -0.39 is 12.5 Å². The highest BCUT2D eigenvalue weighted by Gasteiger charge is 2.34. The molecule has 3 aromatic carbocycles. The number of nitrogens with zero attached hydrogens (tertiary/aromatic N) is 2. The minimum Gasteiger partial charge on any atom is -0.480 e. The van der Waals surface area contributed by atoms with Crippen LogP contribution in [0.2, 0.25) is 0 Å². The van der Waals surface area contributed by atoms with E-state index in [1.165, 1.54) is 16.7 Å². The summed E-state index contributed by atoms with van der Waals surface area (Å²) in [4.78, 5) is 30.2. The van der Waals surface area contributed by atoms with E-state index in [9.17, 15) is 14.7 Å². The molecule has 0 radical (unpaired) electrons. The number of amides is 1. The van der Waals surface area contributed by atoms with E-state index in [4.69, 9.17) is 0 Å². The first-order valence-corrected chi connectivity index (χ1v) is 9.47. The molecule has 0 unspecified atom stereocenters. The van der Waals surface area contributed by atoms with Gasteiger partial charge >= 0.3 is 5.97 Å². The van der Waals surface area contributed by atoms with Gasteiger partial charge < -0.3 is 5.11 Å². The van der Waals surface area contributed by atoms with Crippen molar-refractivity contribution in [1.29, 1.82) is 0 Å². The van der Waals surface area contributed by atoms with E-state index in [2.05, 4.69) is 4.99 Å². The smallest absolute Gasteiger partial charge is 0.323 e. The van der Waals surface area contributed by atoms with Gasteiger partial charge in [-0.05, 0) is 52.4 Å². The van der Waals surface area contributed by atoms with Gasteiger partial charge in [-0.15, -0.1) is 0 Å². The fourth-order valence-corrected chi connectivity index (χ4v) is 3.93. The third-order valence-electron chi connectivity index (χ3n) is 4.23. The number of amidine groups is 1. The summed E-state index contributed by atoms with van der Waals surface area (Å²) in [6.45, 7) is -0.424. The number of aliphatic carboxylic acids is 1. The molecule has 0 aliphatic carbocycles. The lowest BCUT2D eigenvalue weighted by atomic mass is 10.1. The van der Waals surface area contributed by atoms with Gasteiger partial charge in [0.25, 0.3) is 5.91 Å². The van der Waals surface area contributed by atoms with Gasteiger partial charge in [0, 0.05) is 0 Å². The molecule has 0 atom stereocenters. The molecule has 4 rings (SSSR count). The first-order valence-electron chi connectivity index (χ1n) is 8.66. The summed E-state index contributed by atoms with van der Waals surface area (Å²) in [5, 5.41) is 11.8. The topological polar surface area (TPSA) is 70.0 Å². The third kappa shape index (κ3) is 3.82. The maximum absolute atomic E-state index is 12.8. The SMILES string of the molecule is O=C(O)CN1C(=O)/C(=C\c2ccc3ccccc3c2)SC1=Nc1ccccc1. The monoisotopic (exact) mass is 388 g/mol. The Morgan fingerprint density at radius 3 is 2.46 bits per heavy atom. The Labute approximate surface area is 166 Å². The van der Waals surface area contributed by atoms with Crippen molar-refractivity contribution in [3.05, 3.63) is 83.3 Å². The average Bonchev–Trinajstić information content (AvgIpc) is 2.97. The quantitative estimate of drug-likeness (QED) is 0.667. The summed E-state index contributed by atoms with van der Waals surface area (Å²) in [7, 11) is 0. The van der Waals surface area contributed by atoms with Gasteiger partial charge in [0.2, 0.25) is 0 Å². The Hall–Kier alpha value is -3.38. The van der Waals surface area contributed by atoms with Gasteiger partial charge in [-0.2, -0.15) is 0 Å². The van der Waals surface area contributed by atoms with Gasteiger partial charge in [0.05, 0.1) is 10.6 Å². The van der Waals surface area contributed by atoms with Crippen molar-refractivity contribution in [3.8, 4) is 0 Å². The third-order valence-corrected chi connectivity index (χ3v) is 5.24. The van der Waals surface area contributed by atoms with Gasteiger partial charge in [-0.25, -0.2) is 4.99 Å². The molecule has 1 heterocycles. The summed E-state index contributed by atoms with van der Waals surface area (Å²) < 4.78 is 0. The molecule has 6 heteroatoms. The Morgan fingerprint density at radius 2 is 1.71 bits per heavy atom.